The van der Waals surface area contributed by atoms with Crippen molar-refractivity contribution in [3.05, 3.63) is 10.6 Å². The van der Waals surface area contributed by atoms with Crippen LogP contribution in [-0.4, -0.2) is 51.2 Å². The molecule has 0 unspecified atom stereocenters. The van der Waals surface area contributed by atoms with E-state index >= 15 is 0 Å². The SMILES string of the molecule is CCc1nc(N(C)CCN(C)C)sc1CNC. The second-order valence-electron chi connectivity index (χ2n) is 4.48. The van der Waals surface area contributed by atoms with E-state index in [1.807, 2.05) is 7.05 Å². The van der Waals surface area contributed by atoms with E-state index in [4.69, 9.17) is 4.98 Å². The van der Waals surface area contributed by atoms with Crippen LogP contribution in [0, 0.1) is 0 Å². The number of nitrogens with zero attached hydrogens (tertiary/aromatic N) is 3. The fourth-order valence-corrected chi connectivity index (χ4v) is 2.70. The summed E-state index contributed by atoms with van der Waals surface area (Å²) in [6.45, 7) is 5.15. The fourth-order valence-electron chi connectivity index (χ4n) is 1.55. The van der Waals surface area contributed by atoms with Crippen molar-refractivity contribution in [3.8, 4) is 0 Å². The van der Waals surface area contributed by atoms with Gasteiger partial charge in [0, 0.05) is 31.6 Å². The molecule has 0 aliphatic rings. The van der Waals surface area contributed by atoms with Gasteiger partial charge in [-0.2, -0.15) is 0 Å². The fraction of sp³-hybridized carbons (Fsp3) is 0.750. The molecule has 1 aromatic rings. The average molecular weight is 256 g/mol. The van der Waals surface area contributed by atoms with Crippen LogP contribution in [0.1, 0.15) is 17.5 Å². The Morgan fingerprint density at radius 1 is 1.24 bits per heavy atom. The quantitative estimate of drug-likeness (QED) is 0.799. The summed E-state index contributed by atoms with van der Waals surface area (Å²) in [5, 5.41) is 4.34. The second-order valence-corrected chi connectivity index (χ2v) is 5.54. The molecular weight excluding hydrogens is 232 g/mol. The number of thiazole rings is 1. The molecule has 0 spiro atoms. The summed E-state index contributed by atoms with van der Waals surface area (Å²) in [7, 11) is 8.29. The van der Waals surface area contributed by atoms with Crippen molar-refractivity contribution in [3.63, 3.8) is 0 Å². The van der Waals surface area contributed by atoms with E-state index in [1.165, 1.54) is 10.6 Å². The van der Waals surface area contributed by atoms with Crippen LogP contribution >= 0.6 is 11.3 Å². The molecule has 0 amide bonds. The Bertz CT molecular complexity index is 335. The maximum atomic E-state index is 4.71. The molecule has 0 radical (unpaired) electrons. The van der Waals surface area contributed by atoms with E-state index in [9.17, 15) is 0 Å². The molecule has 0 aliphatic heterocycles. The molecule has 4 nitrogen and oxygen atoms in total. The molecule has 98 valence electrons. The molecule has 0 saturated carbocycles. The molecule has 0 bridgehead atoms. The van der Waals surface area contributed by atoms with Gasteiger partial charge in [0.15, 0.2) is 5.13 Å². The maximum absolute atomic E-state index is 4.71. The Labute approximate surface area is 109 Å². The highest BCUT2D eigenvalue weighted by Crippen LogP contribution is 2.25. The number of anilines is 1. The van der Waals surface area contributed by atoms with E-state index in [0.29, 0.717) is 0 Å². The van der Waals surface area contributed by atoms with Crippen LogP contribution in [-0.2, 0) is 13.0 Å². The van der Waals surface area contributed by atoms with E-state index < -0.39 is 0 Å². The van der Waals surface area contributed by atoms with Crippen molar-refractivity contribution in [2.45, 2.75) is 19.9 Å². The zero-order chi connectivity index (χ0) is 12.8. The Hall–Kier alpha value is -0.650. The van der Waals surface area contributed by atoms with Gasteiger partial charge in [0.05, 0.1) is 5.69 Å². The summed E-state index contributed by atoms with van der Waals surface area (Å²) in [5.74, 6) is 0. The first-order chi connectivity index (χ1) is 8.08. The van der Waals surface area contributed by atoms with Crippen LogP contribution < -0.4 is 10.2 Å². The van der Waals surface area contributed by atoms with Crippen molar-refractivity contribution in [2.75, 3.05) is 46.2 Å². The minimum absolute atomic E-state index is 0.919. The highest BCUT2D eigenvalue weighted by Gasteiger charge is 2.12. The van der Waals surface area contributed by atoms with Crippen molar-refractivity contribution in [2.24, 2.45) is 0 Å². The highest BCUT2D eigenvalue weighted by atomic mass is 32.1. The monoisotopic (exact) mass is 256 g/mol. The number of aromatic nitrogens is 1. The summed E-state index contributed by atoms with van der Waals surface area (Å²) < 4.78 is 0. The molecule has 0 fully saturated rings. The standard InChI is InChI=1S/C12H24N4S/c1-6-10-11(9-13-2)17-12(14-10)16(5)8-7-15(3)4/h13H,6-9H2,1-5H3. The summed E-state index contributed by atoms with van der Waals surface area (Å²) in [4.78, 5) is 10.5. The smallest absolute Gasteiger partial charge is 0.185 e. The van der Waals surface area contributed by atoms with E-state index in [-0.39, 0.29) is 0 Å². The van der Waals surface area contributed by atoms with Gasteiger partial charge in [0.1, 0.15) is 0 Å². The molecule has 0 aromatic carbocycles. The van der Waals surface area contributed by atoms with Gasteiger partial charge in [0.2, 0.25) is 0 Å². The zero-order valence-electron chi connectivity index (χ0n) is 11.6. The van der Waals surface area contributed by atoms with Gasteiger partial charge in [-0.15, -0.1) is 11.3 Å². The summed E-state index contributed by atoms with van der Waals surface area (Å²) in [6, 6.07) is 0. The first-order valence-electron chi connectivity index (χ1n) is 6.07. The van der Waals surface area contributed by atoms with Crippen LogP contribution in [0.5, 0.6) is 0 Å². The number of likely N-dealkylation sites (N-methyl/N-ethyl adjacent to an activating group) is 2. The summed E-state index contributed by atoms with van der Waals surface area (Å²) in [6.07, 6.45) is 1.01. The Morgan fingerprint density at radius 3 is 2.47 bits per heavy atom. The molecule has 0 saturated heterocycles. The molecule has 0 atom stereocenters. The lowest BCUT2D eigenvalue weighted by molar-refractivity contribution is 0.416. The van der Waals surface area contributed by atoms with E-state index in [0.717, 1.165) is 31.2 Å². The van der Waals surface area contributed by atoms with Gasteiger partial charge >= 0.3 is 0 Å². The third-order valence-corrected chi connectivity index (χ3v) is 3.86. The van der Waals surface area contributed by atoms with Gasteiger partial charge < -0.3 is 15.1 Å². The van der Waals surface area contributed by atoms with Crippen LogP contribution in [0.2, 0.25) is 0 Å². The normalized spacial score (nSPS) is 11.2. The minimum atomic E-state index is 0.919. The van der Waals surface area contributed by atoms with Crippen LogP contribution in [0.4, 0.5) is 5.13 Å². The van der Waals surface area contributed by atoms with Gasteiger partial charge in [-0.25, -0.2) is 4.98 Å². The third-order valence-electron chi connectivity index (χ3n) is 2.65. The number of rotatable bonds is 7. The number of hydrogen-bond acceptors (Lipinski definition) is 5. The predicted molar refractivity (Wildman–Crippen MR) is 76.1 cm³/mol. The Balaban J connectivity index is 2.69. The topological polar surface area (TPSA) is 31.4 Å². The number of aryl methyl sites for hydroxylation is 1. The average Bonchev–Trinajstić information content (AvgIpc) is 2.69. The number of hydrogen-bond donors (Lipinski definition) is 1. The van der Waals surface area contributed by atoms with Gasteiger partial charge in [-0.05, 0) is 27.6 Å². The number of nitrogens with one attached hydrogen (secondary N) is 1. The lowest BCUT2D eigenvalue weighted by Gasteiger charge is -2.18. The van der Waals surface area contributed by atoms with Gasteiger partial charge in [0.25, 0.3) is 0 Å². The first kappa shape index (κ1) is 14.4. The molecule has 17 heavy (non-hydrogen) atoms. The summed E-state index contributed by atoms with van der Waals surface area (Å²) in [5.41, 5.74) is 1.23. The van der Waals surface area contributed by atoms with Gasteiger partial charge in [-0.1, -0.05) is 6.92 Å². The lowest BCUT2D eigenvalue weighted by Crippen LogP contribution is -2.28. The van der Waals surface area contributed by atoms with E-state index in [1.54, 1.807) is 11.3 Å². The Kier molecular flexibility index (Phi) is 5.88. The molecule has 1 rings (SSSR count). The van der Waals surface area contributed by atoms with Crippen LogP contribution in [0.25, 0.3) is 0 Å². The maximum Gasteiger partial charge on any atom is 0.185 e. The van der Waals surface area contributed by atoms with E-state index in [2.05, 4.69) is 43.2 Å². The minimum Gasteiger partial charge on any atom is -0.350 e. The largest absolute Gasteiger partial charge is 0.350 e. The van der Waals surface area contributed by atoms with Crippen LogP contribution in [0.3, 0.4) is 0 Å². The third kappa shape index (κ3) is 4.26. The molecule has 5 heteroatoms. The summed E-state index contributed by atoms with van der Waals surface area (Å²) >= 11 is 1.80. The van der Waals surface area contributed by atoms with Crippen molar-refractivity contribution in [1.29, 1.82) is 0 Å². The molecular formula is C12H24N4S. The van der Waals surface area contributed by atoms with Crippen molar-refractivity contribution >= 4 is 16.5 Å². The second kappa shape index (κ2) is 6.93. The predicted octanol–water partition coefficient (Wildman–Crippen LogP) is 1.42. The van der Waals surface area contributed by atoms with Crippen molar-refractivity contribution < 1.29 is 0 Å². The van der Waals surface area contributed by atoms with Crippen LogP contribution in [0.15, 0.2) is 0 Å². The Morgan fingerprint density at radius 2 is 1.94 bits per heavy atom. The molecule has 1 heterocycles. The molecule has 1 N–H and O–H groups in total. The van der Waals surface area contributed by atoms with Crippen molar-refractivity contribution in [1.82, 2.24) is 15.2 Å². The zero-order valence-corrected chi connectivity index (χ0v) is 12.4. The first-order valence-corrected chi connectivity index (χ1v) is 6.89. The highest BCUT2D eigenvalue weighted by molar-refractivity contribution is 7.15. The lowest BCUT2D eigenvalue weighted by atomic mass is 10.3. The molecule has 0 aliphatic carbocycles. The van der Waals surface area contributed by atoms with Gasteiger partial charge in [-0.3, -0.25) is 0 Å². The molecule has 1 aromatic heterocycles.